The number of carbonyl (C=O) groups is 1. The Bertz CT molecular complexity index is 906. The fourth-order valence-corrected chi connectivity index (χ4v) is 4.89. The first-order valence-corrected chi connectivity index (χ1v) is 12.4. The van der Waals surface area contributed by atoms with Crippen molar-refractivity contribution in [3.05, 3.63) is 34.3 Å². The molecule has 6 nitrogen and oxygen atoms in total. The second kappa shape index (κ2) is 12.6. The number of rotatable bonds is 6. The van der Waals surface area contributed by atoms with E-state index in [1.54, 1.807) is 20.2 Å². The summed E-state index contributed by atoms with van der Waals surface area (Å²) in [5, 5.41) is 0.0212. The van der Waals surface area contributed by atoms with Gasteiger partial charge in [0.2, 0.25) is 5.96 Å². The molecule has 1 saturated heterocycles. The van der Waals surface area contributed by atoms with Crippen molar-refractivity contribution in [3.8, 4) is 0 Å². The van der Waals surface area contributed by atoms with Gasteiger partial charge in [-0.15, -0.1) is 0 Å². The Hall–Kier alpha value is -2.29. The van der Waals surface area contributed by atoms with E-state index in [-0.39, 0.29) is 41.9 Å². The largest absolute Gasteiger partial charge is 0.447 e. The van der Waals surface area contributed by atoms with Crippen molar-refractivity contribution in [3.63, 3.8) is 0 Å². The molecule has 0 aromatic heterocycles. The third-order valence-electron chi connectivity index (χ3n) is 6.14. The molecule has 1 heterocycles. The van der Waals surface area contributed by atoms with Crippen LogP contribution < -0.4 is 0 Å². The lowest BCUT2D eigenvalue weighted by Crippen LogP contribution is -2.57. The van der Waals surface area contributed by atoms with Crippen molar-refractivity contribution in [2.24, 2.45) is 9.98 Å². The maximum Gasteiger partial charge on any atom is 0.416 e. The molecule has 2 rings (SSSR count). The van der Waals surface area contributed by atoms with Crippen LogP contribution in [0.1, 0.15) is 71.4 Å². The lowest BCUT2D eigenvalue weighted by atomic mass is 9.87. The van der Waals surface area contributed by atoms with Crippen molar-refractivity contribution in [1.29, 1.82) is 0 Å². The maximum atomic E-state index is 13.4. The molecule has 0 radical (unpaired) electrons. The van der Waals surface area contributed by atoms with Gasteiger partial charge >= 0.3 is 12.3 Å². The molecule has 0 spiro atoms. The first-order valence-electron chi connectivity index (χ1n) is 12.0. The summed E-state index contributed by atoms with van der Waals surface area (Å²) >= 11 is 6.05. The van der Waals surface area contributed by atoms with Crippen molar-refractivity contribution in [2.45, 2.75) is 97.3 Å². The first-order chi connectivity index (χ1) is 16.4. The molecule has 1 aromatic rings. The van der Waals surface area contributed by atoms with E-state index in [1.807, 2.05) is 37.5 Å². The summed E-state index contributed by atoms with van der Waals surface area (Å²) < 4.78 is 45.8. The molecule has 35 heavy (non-hydrogen) atoms. The van der Waals surface area contributed by atoms with Gasteiger partial charge in [-0.3, -0.25) is 4.99 Å². The second-order valence-corrected chi connectivity index (χ2v) is 9.41. The predicted molar refractivity (Wildman–Crippen MR) is 134 cm³/mol. The number of hydrogen-bond acceptors (Lipinski definition) is 3. The number of benzene rings is 1. The van der Waals surface area contributed by atoms with Gasteiger partial charge in [-0.1, -0.05) is 25.4 Å². The summed E-state index contributed by atoms with van der Waals surface area (Å²) in [4.78, 5) is 25.4. The number of hydrogen-bond donors (Lipinski definition) is 0. The van der Waals surface area contributed by atoms with Crippen LogP contribution in [0.15, 0.2) is 28.2 Å². The molecule has 0 saturated carbocycles. The Labute approximate surface area is 211 Å². The van der Waals surface area contributed by atoms with Crippen LogP contribution in [0.3, 0.4) is 0 Å². The maximum absolute atomic E-state index is 13.4. The summed E-state index contributed by atoms with van der Waals surface area (Å²) in [5.41, 5.74) is -0.377. The normalized spacial score (nSPS) is 21.6. The number of nitrogens with zero attached hydrogens (tertiary/aromatic N) is 4. The van der Waals surface area contributed by atoms with E-state index >= 15 is 0 Å². The number of alkyl halides is 3. The summed E-state index contributed by atoms with van der Waals surface area (Å²) in [6.07, 6.45) is -0.775. The van der Waals surface area contributed by atoms with Crippen molar-refractivity contribution >= 4 is 29.9 Å². The summed E-state index contributed by atoms with van der Waals surface area (Å²) in [6.45, 7) is 9.60. The highest BCUT2D eigenvalue weighted by Gasteiger charge is 2.41. The summed E-state index contributed by atoms with van der Waals surface area (Å²) in [7, 11) is 1.61. The molecular weight excluding hydrogens is 481 g/mol. The van der Waals surface area contributed by atoms with E-state index in [4.69, 9.17) is 16.3 Å². The molecular formula is C25H36ClF3N4O2. The minimum absolute atomic E-state index is 0.0212. The van der Waals surface area contributed by atoms with Gasteiger partial charge in [-0.05, 0) is 70.2 Å². The molecule has 1 aliphatic heterocycles. The quantitative estimate of drug-likeness (QED) is 0.308. The topological polar surface area (TPSA) is 57.5 Å². The zero-order valence-electron chi connectivity index (χ0n) is 21.3. The molecule has 1 aliphatic rings. The average molecular weight is 517 g/mol. The molecule has 196 valence electrons. The van der Waals surface area contributed by atoms with Crippen LogP contribution in [0.25, 0.3) is 0 Å². The van der Waals surface area contributed by atoms with Gasteiger partial charge in [0, 0.05) is 43.0 Å². The first kappa shape index (κ1) is 28.9. The van der Waals surface area contributed by atoms with E-state index < -0.39 is 11.7 Å². The van der Waals surface area contributed by atoms with E-state index in [0.717, 1.165) is 25.0 Å². The van der Waals surface area contributed by atoms with Crippen LogP contribution in [0.4, 0.5) is 18.0 Å². The molecule has 3 atom stereocenters. The minimum Gasteiger partial charge on any atom is -0.447 e. The van der Waals surface area contributed by atoms with Crippen LogP contribution in [0, 0.1) is 0 Å². The van der Waals surface area contributed by atoms with Gasteiger partial charge in [-0.2, -0.15) is 13.2 Å². The summed E-state index contributed by atoms with van der Waals surface area (Å²) in [6, 6.07) is 3.32. The predicted octanol–water partition coefficient (Wildman–Crippen LogP) is 6.80. The highest BCUT2D eigenvalue weighted by Crippen LogP contribution is 2.35. The minimum atomic E-state index is -4.50. The van der Waals surface area contributed by atoms with Crippen molar-refractivity contribution in [2.75, 3.05) is 7.05 Å². The highest BCUT2D eigenvalue weighted by atomic mass is 35.5. The van der Waals surface area contributed by atoms with Crippen LogP contribution in [0.2, 0.25) is 5.02 Å². The number of guanidine groups is 1. The third-order valence-corrected chi connectivity index (χ3v) is 6.36. The third kappa shape index (κ3) is 7.59. The Morgan fingerprint density at radius 3 is 2.29 bits per heavy atom. The lowest BCUT2D eigenvalue weighted by molar-refractivity contribution is -0.137. The van der Waals surface area contributed by atoms with E-state index in [0.29, 0.717) is 24.4 Å². The zero-order valence-corrected chi connectivity index (χ0v) is 22.0. The van der Waals surface area contributed by atoms with Crippen LogP contribution >= 0.6 is 11.6 Å². The fraction of sp³-hybridized carbons (Fsp3) is 0.640. The van der Waals surface area contributed by atoms with E-state index in [2.05, 4.69) is 9.98 Å². The van der Waals surface area contributed by atoms with Crippen LogP contribution in [-0.4, -0.2) is 59.3 Å². The number of carbonyl (C=O) groups excluding carboxylic acids is 1. The number of ether oxygens (including phenoxy) is 1. The van der Waals surface area contributed by atoms with Gasteiger partial charge in [-0.25, -0.2) is 9.79 Å². The molecule has 0 bridgehead atoms. The number of likely N-dealkylation sites (tertiary alicyclic amines) is 1. The Kier molecular flexibility index (Phi) is 10.4. The lowest BCUT2D eigenvalue weighted by Gasteiger charge is -2.47. The van der Waals surface area contributed by atoms with Crippen molar-refractivity contribution < 1.29 is 22.7 Å². The SMILES string of the molecule is C/C=N\C(=NC)N(Cc1cc(Cl)cc(C(F)(F)F)c1)C1CC(CC)N(C(=O)OC(C)C)[C@@H](CC)C1. The monoisotopic (exact) mass is 516 g/mol. The molecule has 10 heteroatoms. The highest BCUT2D eigenvalue weighted by molar-refractivity contribution is 6.30. The van der Waals surface area contributed by atoms with E-state index in [1.165, 1.54) is 6.07 Å². The molecule has 0 N–H and O–H groups in total. The number of amides is 1. The van der Waals surface area contributed by atoms with Gasteiger partial charge in [0.25, 0.3) is 0 Å². The summed E-state index contributed by atoms with van der Waals surface area (Å²) in [5.74, 6) is 0.425. The standard InChI is InChI=1S/C25H36ClF3N4O2/c1-7-20-13-22(14-21(8-2)33(20)24(34)35-16(4)5)32(23(30-6)31-9-3)15-17-10-18(25(27,28)29)12-19(26)11-17/h9-12,16,20-22H,7-8,13-15H2,1-6H3/b30-23?,31-9-/t20-,21?,22?/m0/s1. The molecule has 1 aromatic carbocycles. The van der Waals surface area contributed by atoms with Crippen LogP contribution in [0.5, 0.6) is 0 Å². The van der Waals surface area contributed by atoms with Gasteiger partial charge in [0.05, 0.1) is 11.7 Å². The van der Waals surface area contributed by atoms with Gasteiger partial charge in [0.15, 0.2) is 0 Å². The number of piperidine rings is 1. The van der Waals surface area contributed by atoms with Gasteiger partial charge in [0.1, 0.15) is 0 Å². The molecule has 1 fully saturated rings. The molecule has 0 aliphatic carbocycles. The Balaban J connectivity index is 2.45. The van der Waals surface area contributed by atoms with Crippen LogP contribution in [-0.2, 0) is 17.5 Å². The second-order valence-electron chi connectivity index (χ2n) is 8.97. The van der Waals surface area contributed by atoms with E-state index in [9.17, 15) is 18.0 Å². The Morgan fingerprint density at radius 1 is 1.23 bits per heavy atom. The zero-order chi connectivity index (χ0) is 26.3. The molecule has 2 unspecified atom stereocenters. The number of aliphatic imine (C=N–C) groups is 2. The average Bonchev–Trinajstić information content (AvgIpc) is 2.78. The fourth-order valence-electron chi connectivity index (χ4n) is 4.63. The number of halogens is 4. The van der Waals surface area contributed by atoms with Gasteiger partial charge < -0.3 is 14.5 Å². The van der Waals surface area contributed by atoms with Crippen molar-refractivity contribution in [1.82, 2.24) is 9.80 Å². The Morgan fingerprint density at radius 2 is 1.83 bits per heavy atom. The smallest absolute Gasteiger partial charge is 0.416 e. The molecule has 1 amide bonds.